The molecule has 0 aromatic rings. The molecule has 139 valence electrons. The summed E-state index contributed by atoms with van der Waals surface area (Å²) in [5, 5.41) is 0. The van der Waals surface area contributed by atoms with Gasteiger partial charge in [-0.05, 0) is 6.92 Å². The lowest BCUT2D eigenvalue weighted by Gasteiger charge is -2.55. The second-order valence-corrected chi connectivity index (χ2v) is 31.8. The molecule has 0 fully saturated rings. The average Bonchev–Trinajstić information content (AvgIpc) is 2.24. The Morgan fingerprint density at radius 1 is 0.348 bits per heavy atom. The highest BCUT2D eigenvalue weighted by atomic mass is 80.0. The molecular formula is C8H2Br15. The van der Waals surface area contributed by atoms with E-state index in [2.05, 4.69) is 246 Å². The van der Waals surface area contributed by atoms with Gasteiger partial charge in [0.15, 0.2) is 2.14 Å². The van der Waals surface area contributed by atoms with Gasteiger partial charge < -0.3 is 0 Å². The van der Waals surface area contributed by atoms with Gasteiger partial charge in [-0.2, -0.15) is 0 Å². The van der Waals surface area contributed by atoms with Crippen LogP contribution < -0.4 is 0 Å². The zero-order valence-electron chi connectivity index (χ0n) is 9.88. The molecule has 0 bridgehead atoms. The Morgan fingerprint density at radius 3 is 0.783 bits per heavy atom. The van der Waals surface area contributed by atoms with E-state index in [1.165, 1.54) is 0 Å². The van der Waals surface area contributed by atoms with Crippen LogP contribution in [-0.4, -0.2) is 21.5 Å². The van der Waals surface area contributed by atoms with Crippen LogP contribution in [0.25, 0.3) is 0 Å². The Labute approximate surface area is 261 Å². The quantitative estimate of drug-likeness (QED) is 0.241. The number of hydrogen-bond acceptors (Lipinski definition) is 0. The number of halogens is 15. The number of alkyl halides is 15. The van der Waals surface area contributed by atoms with E-state index in [4.69, 9.17) is 0 Å². The fourth-order valence-electron chi connectivity index (χ4n) is 0.999. The van der Waals surface area contributed by atoms with Crippen LogP contribution in [0.3, 0.4) is 0 Å². The molecular weight excluding hydrogens is 1290 g/mol. The first-order valence-electron chi connectivity index (χ1n) is 4.69. The summed E-state index contributed by atoms with van der Waals surface area (Å²) in [5.74, 6) is 0. The molecule has 0 unspecified atom stereocenters. The van der Waals surface area contributed by atoms with E-state index in [0.717, 1.165) is 0 Å². The molecule has 23 heavy (non-hydrogen) atoms. The van der Waals surface area contributed by atoms with Crippen LogP contribution in [0, 0.1) is 6.92 Å². The summed E-state index contributed by atoms with van der Waals surface area (Å²) in [6, 6.07) is 0. The van der Waals surface area contributed by atoms with Crippen molar-refractivity contribution in [1.82, 2.24) is 0 Å². The lowest BCUT2D eigenvalue weighted by molar-refractivity contribution is 0.620. The lowest BCUT2D eigenvalue weighted by atomic mass is 10.1. The van der Waals surface area contributed by atoms with E-state index in [-0.39, 0.29) is 0 Å². The van der Waals surface area contributed by atoms with Gasteiger partial charge >= 0.3 is 0 Å². The van der Waals surface area contributed by atoms with Gasteiger partial charge in [-0.1, -0.05) is 239 Å². The topological polar surface area (TPSA) is 0 Å². The van der Waals surface area contributed by atoms with Gasteiger partial charge in [-0.15, -0.1) is 0 Å². The highest BCUT2D eigenvalue weighted by molar-refractivity contribution is 9.42. The predicted octanol–water partition coefficient (Wildman–Crippen LogP) is 11.6. The van der Waals surface area contributed by atoms with Crippen molar-refractivity contribution in [2.24, 2.45) is 0 Å². The van der Waals surface area contributed by atoms with Gasteiger partial charge in [-0.25, -0.2) is 0 Å². The first kappa shape index (κ1) is 30.2. The van der Waals surface area contributed by atoms with E-state index in [1.54, 1.807) is 0 Å². The van der Waals surface area contributed by atoms with Crippen LogP contribution in [0.2, 0.25) is 0 Å². The fraction of sp³-hybridized carbons (Fsp3) is 0.875. The second-order valence-electron chi connectivity index (χ2n) is 4.07. The summed E-state index contributed by atoms with van der Waals surface area (Å²) in [4.78, 5) is 0. The zero-order chi connectivity index (χ0) is 19.5. The average molecular weight is 1300 g/mol. The molecule has 0 saturated heterocycles. The highest BCUT2D eigenvalue weighted by Gasteiger charge is 2.74. The summed E-state index contributed by atoms with van der Waals surface area (Å²) < 4.78 is -5.89. The molecule has 0 N–H and O–H groups in total. The van der Waals surface area contributed by atoms with Gasteiger partial charge in [0.05, 0.1) is 0 Å². The molecule has 15 heteroatoms. The van der Waals surface area contributed by atoms with Crippen LogP contribution in [0.4, 0.5) is 0 Å². The summed E-state index contributed by atoms with van der Waals surface area (Å²) in [5.41, 5.74) is 0. The van der Waals surface area contributed by atoms with Crippen LogP contribution in [0.15, 0.2) is 0 Å². The maximum Gasteiger partial charge on any atom is 0.162 e. The van der Waals surface area contributed by atoms with Crippen molar-refractivity contribution in [1.29, 1.82) is 0 Å². The molecule has 0 amide bonds. The third-order valence-electron chi connectivity index (χ3n) is 2.39. The molecule has 0 heterocycles. The summed E-state index contributed by atoms with van der Waals surface area (Å²) >= 11 is 54.8. The maximum absolute atomic E-state index is 4.07. The Kier molecular flexibility index (Phi) is 12.6. The predicted molar refractivity (Wildman–Crippen MR) is 158 cm³/mol. The Hall–Kier alpha value is 7.20. The van der Waals surface area contributed by atoms with Gasteiger partial charge in [0, 0.05) is 0 Å². The summed E-state index contributed by atoms with van der Waals surface area (Å²) in [6.07, 6.45) is 0. The van der Waals surface area contributed by atoms with E-state index in [0.29, 0.717) is 0 Å². The van der Waals surface area contributed by atoms with Crippen molar-refractivity contribution in [3.63, 3.8) is 0 Å². The van der Waals surface area contributed by atoms with Crippen molar-refractivity contribution in [3.8, 4) is 0 Å². The minimum absolute atomic E-state index is 0.735. The molecule has 0 atom stereocenters. The van der Waals surface area contributed by atoms with Crippen molar-refractivity contribution in [2.75, 3.05) is 0 Å². The van der Waals surface area contributed by atoms with Crippen molar-refractivity contribution >= 4 is 239 Å². The molecule has 1 radical (unpaired) electrons. The van der Waals surface area contributed by atoms with Crippen molar-refractivity contribution in [2.45, 2.75) is 21.5 Å². The fourth-order valence-corrected chi connectivity index (χ4v) is 13.2. The normalized spacial score (nSPS) is 16.7. The van der Waals surface area contributed by atoms with Gasteiger partial charge in [0.25, 0.3) is 0 Å². The minimum atomic E-state index is -0.912. The smallest absolute Gasteiger partial charge is 0.0701 e. The molecule has 0 aromatic carbocycles. The molecule has 0 aliphatic rings. The van der Waals surface area contributed by atoms with Crippen molar-refractivity contribution < 1.29 is 0 Å². The third-order valence-corrected chi connectivity index (χ3v) is 31.3. The molecule has 0 aliphatic carbocycles. The van der Waals surface area contributed by atoms with E-state index >= 15 is 0 Å². The summed E-state index contributed by atoms with van der Waals surface area (Å²) in [6.45, 7) is 4.07. The second kappa shape index (κ2) is 9.59. The molecule has 0 rings (SSSR count). The number of hydrogen-bond donors (Lipinski definition) is 0. The van der Waals surface area contributed by atoms with Crippen LogP contribution in [-0.2, 0) is 0 Å². The SMILES string of the molecule is [CH2]C(Br)(Br)C(Br)(Br)C(Br)(Br)C(Br)(Br)C(Br)(Br)C(Br)(Br)C(Br)(Br)Br. The summed E-state index contributed by atoms with van der Waals surface area (Å²) in [7, 11) is 0. The standard InChI is InChI=1S/C8H2Br15/c1-2(9,10)3(11,12)4(13,14)5(15,16)6(17,18)7(19,20)8(21,22)23/h1H2. The first-order chi connectivity index (χ1) is 9.50. The van der Waals surface area contributed by atoms with E-state index in [9.17, 15) is 0 Å². The molecule has 0 nitrogen and oxygen atoms in total. The van der Waals surface area contributed by atoms with Crippen molar-refractivity contribution in [3.05, 3.63) is 6.92 Å². The zero-order valence-corrected chi connectivity index (χ0v) is 33.7. The van der Waals surface area contributed by atoms with Crippen LogP contribution >= 0.6 is 239 Å². The Bertz CT molecular complexity index is 395. The van der Waals surface area contributed by atoms with Gasteiger partial charge in [-0.3, -0.25) is 0 Å². The van der Waals surface area contributed by atoms with E-state index in [1.807, 2.05) is 0 Å². The maximum atomic E-state index is 4.07. The highest BCUT2D eigenvalue weighted by Crippen LogP contribution is 2.76. The Morgan fingerprint density at radius 2 is 0.565 bits per heavy atom. The van der Waals surface area contributed by atoms with Gasteiger partial charge in [0.2, 0.25) is 0 Å². The van der Waals surface area contributed by atoms with E-state index < -0.39 is 21.5 Å². The van der Waals surface area contributed by atoms with Crippen LogP contribution in [0.5, 0.6) is 0 Å². The monoisotopic (exact) mass is 1280 g/mol. The molecule has 0 spiro atoms. The minimum Gasteiger partial charge on any atom is -0.0701 e. The largest absolute Gasteiger partial charge is 0.162 e. The molecule has 0 aromatic heterocycles. The Balaban J connectivity index is 6.37. The van der Waals surface area contributed by atoms with Gasteiger partial charge in [0.1, 0.15) is 19.4 Å². The lowest BCUT2D eigenvalue weighted by Crippen LogP contribution is -2.65. The molecule has 0 saturated carbocycles. The van der Waals surface area contributed by atoms with Crippen LogP contribution in [0.1, 0.15) is 0 Å². The third kappa shape index (κ3) is 5.77. The molecule has 0 aliphatic heterocycles. The number of rotatable bonds is 5. The first-order valence-corrected chi connectivity index (χ1v) is 16.6.